The van der Waals surface area contributed by atoms with E-state index in [1.807, 2.05) is 18.2 Å². The molecule has 0 aliphatic heterocycles. The van der Waals surface area contributed by atoms with Crippen molar-refractivity contribution in [2.75, 3.05) is 0 Å². The fraction of sp³-hybridized carbons (Fsp3) is 0.462. The molecule has 40 heavy (non-hydrogen) atoms. The normalized spacial score (nSPS) is 15.0. The molecule has 2 aromatic rings. The molecule has 0 amide bonds. The van der Waals surface area contributed by atoms with Gasteiger partial charge >= 0.3 is 70.9 Å². The van der Waals surface area contributed by atoms with Crippen LogP contribution < -0.4 is 56.1 Å². The molecule has 0 fully saturated rings. The van der Waals surface area contributed by atoms with Crippen molar-refractivity contribution in [2.45, 2.75) is 77.4 Å². The van der Waals surface area contributed by atoms with Crippen LogP contribution in [0.5, 0.6) is 11.5 Å². The molecular formula is C26H34KO11PS. The molecular weight excluding hydrogens is 590 g/mol. The average molecular weight is 625 g/mol. The van der Waals surface area contributed by atoms with Crippen molar-refractivity contribution in [1.29, 1.82) is 0 Å². The van der Waals surface area contributed by atoms with Gasteiger partial charge in [-0.3, -0.25) is 23.2 Å². The van der Waals surface area contributed by atoms with Crippen LogP contribution in [0, 0.1) is 0 Å². The number of para-hydroxylation sites is 1. The van der Waals surface area contributed by atoms with Crippen LogP contribution >= 0.6 is 7.60 Å². The summed E-state index contributed by atoms with van der Waals surface area (Å²) in [6, 6.07) is 16.2. The Morgan fingerprint density at radius 1 is 0.875 bits per heavy atom. The van der Waals surface area contributed by atoms with Gasteiger partial charge in [0.05, 0.1) is 0 Å². The van der Waals surface area contributed by atoms with Crippen LogP contribution in [0.3, 0.4) is 0 Å². The predicted octanol–water partition coefficient (Wildman–Crippen LogP) is 2.50. The average Bonchev–Trinajstić information content (AvgIpc) is 2.86. The van der Waals surface area contributed by atoms with Crippen LogP contribution in [0.1, 0.15) is 58.9 Å². The summed E-state index contributed by atoms with van der Waals surface area (Å²) in [7, 11) is -10.1. The molecule has 216 valence electrons. The van der Waals surface area contributed by atoms with Crippen LogP contribution in [0.15, 0.2) is 54.6 Å². The number of hydrogen-bond acceptors (Lipinski definition) is 11. The number of carbonyl (C=O) groups excluding carboxylic acids is 2. The summed E-state index contributed by atoms with van der Waals surface area (Å²) in [6.07, 6.45) is -3.07. The molecule has 2 aromatic carbocycles. The summed E-state index contributed by atoms with van der Waals surface area (Å²) < 4.78 is 76.9. The van der Waals surface area contributed by atoms with Crippen molar-refractivity contribution in [3.63, 3.8) is 0 Å². The first-order valence-electron chi connectivity index (χ1n) is 12.5. The van der Waals surface area contributed by atoms with Gasteiger partial charge in [-0.15, -0.1) is 0 Å². The minimum Gasteiger partial charge on any atom is -0.747 e. The molecule has 2 rings (SSSR count). The molecule has 0 saturated carbocycles. The Morgan fingerprint density at radius 3 is 1.90 bits per heavy atom. The van der Waals surface area contributed by atoms with Crippen LogP contribution in [-0.4, -0.2) is 42.5 Å². The Bertz CT molecular complexity index is 1210. The molecule has 0 aliphatic rings. The van der Waals surface area contributed by atoms with Gasteiger partial charge in [0.1, 0.15) is 21.6 Å². The molecule has 11 nitrogen and oxygen atoms in total. The summed E-state index contributed by atoms with van der Waals surface area (Å²) in [4.78, 5) is 21.2. The fourth-order valence-corrected chi connectivity index (χ4v) is 7.24. The van der Waals surface area contributed by atoms with Gasteiger partial charge in [-0.05, 0) is 62.9 Å². The topological polar surface area (TPSA) is 155 Å². The quantitative estimate of drug-likeness (QED) is 0.0890. The predicted molar refractivity (Wildman–Crippen MR) is 141 cm³/mol. The second-order valence-corrected chi connectivity index (χ2v) is 12.5. The maximum atomic E-state index is 13.8. The van der Waals surface area contributed by atoms with Crippen LogP contribution in [-0.2, 0) is 49.2 Å². The third-order valence-corrected chi connectivity index (χ3v) is 9.84. The number of esters is 2. The van der Waals surface area contributed by atoms with E-state index in [2.05, 4.69) is 0 Å². The third kappa shape index (κ3) is 12.8. The Hall–Kier alpha value is -1.12. The van der Waals surface area contributed by atoms with Crippen molar-refractivity contribution >= 4 is 29.7 Å². The van der Waals surface area contributed by atoms with Gasteiger partial charge in [-0.1, -0.05) is 44.2 Å². The Labute approximate surface area is 278 Å². The molecule has 3 atom stereocenters. The molecule has 0 bridgehead atoms. The second-order valence-electron chi connectivity index (χ2n) is 8.47. The first-order valence-corrected chi connectivity index (χ1v) is 15.6. The number of ether oxygens (including phenoxy) is 3. The van der Waals surface area contributed by atoms with E-state index < -0.39 is 53.6 Å². The van der Waals surface area contributed by atoms with Crippen molar-refractivity contribution in [2.24, 2.45) is 0 Å². The Kier molecular flexibility index (Phi) is 16.4. The van der Waals surface area contributed by atoms with Crippen molar-refractivity contribution in [3.05, 3.63) is 60.2 Å². The monoisotopic (exact) mass is 624 g/mol. The fourth-order valence-electron chi connectivity index (χ4n) is 3.48. The SMILES string of the molecule is CCC(=O)OC(C)OP(=O)(OC(C)OC(=O)CC)C(CCCc1cccc(Oc2ccccc2)c1)S(=O)(=O)[O-].[K+]. The van der Waals surface area contributed by atoms with E-state index in [1.54, 1.807) is 36.4 Å². The Balaban J connectivity index is 0.00000800. The zero-order chi connectivity index (χ0) is 29.1. The van der Waals surface area contributed by atoms with E-state index in [0.717, 1.165) is 5.56 Å². The largest absolute Gasteiger partial charge is 1.00 e. The van der Waals surface area contributed by atoms with Gasteiger partial charge in [0.15, 0.2) is 4.99 Å². The second kappa shape index (κ2) is 17.7. The maximum absolute atomic E-state index is 13.8. The van der Waals surface area contributed by atoms with Gasteiger partial charge in [0, 0.05) is 12.8 Å². The maximum Gasteiger partial charge on any atom is 1.00 e. The number of aryl methyl sites for hydroxylation is 1. The number of benzene rings is 2. The molecule has 0 spiro atoms. The van der Waals surface area contributed by atoms with Gasteiger partial charge in [0.25, 0.3) is 0 Å². The van der Waals surface area contributed by atoms with E-state index in [1.165, 1.54) is 27.7 Å². The van der Waals surface area contributed by atoms with E-state index in [9.17, 15) is 27.1 Å². The van der Waals surface area contributed by atoms with E-state index in [0.29, 0.717) is 17.9 Å². The van der Waals surface area contributed by atoms with Gasteiger partial charge in [-0.25, -0.2) is 8.42 Å². The molecule has 0 saturated heterocycles. The minimum atomic E-state index is -5.25. The standard InChI is InChI=1S/C26H35O11PS.K/c1-5-24(27)33-19(3)36-38(29,37-20(4)34-25(28)6-2)26(39(30,31)32)17-11-13-21-12-10-16-23(18-21)35-22-14-8-7-9-15-22;/h7-10,12,14-16,18-20,26H,5-6,11,13,17H2,1-4H3,(H,30,31,32);/q;+1/p-1. The zero-order valence-electron chi connectivity index (χ0n) is 23.3. The number of hydrogen-bond donors (Lipinski definition) is 0. The minimum absolute atomic E-state index is 0. The van der Waals surface area contributed by atoms with Crippen molar-refractivity contribution < 1.29 is 102 Å². The number of rotatable bonds is 16. The van der Waals surface area contributed by atoms with Crippen molar-refractivity contribution in [1.82, 2.24) is 0 Å². The summed E-state index contributed by atoms with van der Waals surface area (Å²) in [5.41, 5.74) is 0.776. The van der Waals surface area contributed by atoms with Gasteiger partial charge < -0.3 is 18.8 Å². The first-order chi connectivity index (χ1) is 18.4. The van der Waals surface area contributed by atoms with Crippen LogP contribution in [0.2, 0.25) is 0 Å². The van der Waals surface area contributed by atoms with Crippen LogP contribution in [0.25, 0.3) is 0 Å². The van der Waals surface area contributed by atoms with Gasteiger partial charge in [-0.2, -0.15) is 0 Å². The summed E-state index contributed by atoms with van der Waals surface area (Å²) in [6.45, 7) is 5.45. The molecule has 0 heterocycles. The summed E-state index contributed by atoms with van der Waals surface area (Å²) in [5, 5.41) is 0. The zero-order valence-corrected chi connectivity index (χ0v) is 28.1. The molecule has 3 unspecified atom stereocenters. The van der Waals surface area contributed by atoms with E-state index in [-0.39, 0.29) is 70.6 Å². The molecule has 0 N–H and O–H groups in total. The molecule has 14 heteroatoms. The van der Waals surface area contributed by atoms with E-state index in [4.69, 9.17) is 23.3 Å². The first kappa shape index (κ1) is 36.9. The van der Waals surface area contributed by atoms with E-state index >= 15 is 0 Å². The molecule has 0 radical (unpaired) electrons. The smallest absolute Gasteiger partial charge is 0.747 e. The number of carbonyl (C=O) groups is 2. The summed E-state index contributed by atoms with van der Waals surface area (Å²) in [5.74, 6) is -0.224. The van der Waals surface area contributed by atoms with Gasteiger partial charge in [0.2, 0.25) is 12.6 Å². The molecule has 0 aromatic heterocycles. The Morgan fingerprint density at radius 2 is 1.40 bits per heavy atom. The van der Waals surface area contributed by atoms with Crippen LogP contribution in [0.4, 0.5) is 0 Å². The third-order valence-electron chi connectivity index (χ3n) is 5.24. The summed E-state index contributed by atoms with van der Waals surface area (Å²) >= 11 is 0. The van der Waals surface area contributed by atoms with Crippen molar-refractivity contribution in [3.8, 4) is 11.5 Å². The molecule has 0 aliphatic carbocycles.